The summed E-state index contributed by atoms with van der Waals surface area (Å²) in [7, 11) is 4.41. The summed E-state index contributed by atoms with van der Waals surface area (Å²) >= 11 is 0. The van der Waals surface area contributed by atoms with E-state index in [1.54, 1.807) is 0 Å². The van der Waals surface area contributed by atoms with Gasteiger partial charge in [-0.25, -0.2) is 29.1 Å². The number of carbonyl (C=O) groups excluding carboxylic acids is 4. The quantitative estimate of drug-likeness (QED) is 0.338. The molecule has 4 aromatic rings. The molecule has 0 radical (unpaired) electrons. The Kier molecular flexibility index (Phi) is 4.88. The van der Waals surface area contributed by atoms with Gasteiger partial charge in [0.05, 0.1) is 44.9 Å². The maximum atomic E-state index is 12.7. The second-order valence-electron chi connectivity index (χ2n) is 6.18. The number of carbonyl (C=O) groups is 4. The van der Waals surface area contributed by atoms with Gasteiger partial charge in [0.15, 0.2) is 11.3 Å². The summed E-state index contributed by atoms with van der Waals surface area (Å²) < 4.78 is 20.4. The van der Waals surface area contributed by atoms with Gasteiger partial charge in [0, 0.05) is 0 Å². The minimum absolute atomic E-state index is 0.0000951. The Morgan fingerprint density at radius 2 is 1.47 bits per heavy atom. The van der Waals surface area contributed by atoms with Crippen LogP contribution in [-0.2, 0) is 18.9 Å². The molecular formula is C18H14N6O8. The van der Waals surface area contributed by atoms with Gasteiger partial charge in [-0.2, -0.15) is 14.6 Å². The molecule has 0 saturated carbocycles. The van der Waals surface area contributed by atoms with Gasteiger partial charge in [0.25, 0.3) is 5.78 Å². The first-order valence-electron chi connectivity index (χ1n) is 8.80. The smallest absolute Gasteiger partial charge is 0.357 e. The number of aromatic amines is 1. The second kappa shape index (κ2) is 7.57. The lowest BCUT2D eigenvalue weighted by atomic mass is 10.0. The molecule has 0 amide bonds. The number of aromatic nitrogens is 6. The van der Waals surface area contributed by atoms with Crippen molar-refractivity contribution in [2.24, 2.45) is 0 Å². The normalized spacial score (nSPS) is 11.0. The highest BCUT2D eigenvalue weighted by Gasteiger charge is 2.33. The third kappa shape index (κ3) is 2.80. The van der Waals surface area contributed by atoms with Crippen molar-refractivity contribution in [3.8, 4) is 0 Å². The number of rotatable bonds is 4. The van der Waals surface area contributed by atoms with Crippen LogP contribution in [0.15, 0.2) is 6.33 Å². The molecular weight excluding hydrogens is 428 g/mol. The maximum Gasteiger partial charge on any atom is 0.357 e. The SMILES string of the molecule is COC(=O)c1nc2c3c(nc4ncnn42)c(C(=O)OC)c(C(=O)OC)[nH]c3c1C(=O)OC. The highest BCUT2D eigenvalue weighted by atomic mass is 16.5. The van der Waals surface area contributed by atoms with Crippen LogP contribution in [0.4, 0.5) is 0 Å². The summed E-state index contributed by atoms with van der Waals surface area (Å²) in [5.41, 5.74) is -1.61. The van der Waals surface area contributed by atoms with Crippen LogP contribution < -0.4 is 0 Å². The number of pyridine rings is 2. The molecule has 0 aliphatic rings. The summed E-state index contributed by atoms with van der Waals surface area (Å²) in [4.78, 5) is 65.5. The standard InChI is InChI=1S/C18H14N6O8/c1-29-14(25)7-9-6-10(8(15(26)30-2)11(21-9)16(27)31-3)23-18-19-5-20-24(18)13(6)22-12(7)17(28)32-4/h5,21H,1-4H3. The fourth-order valence-corrected chi connectivity index (χ4v) is 3.28. The van der Waals surface area contributed by atoms with E-state index in [2.05, 4.69) is 25.0 Å². The van der Waals surface area contributed by atoms with E-state index >= 15 is 0 Å². The first-order chi connectivity index (χ1) is 15.4. The summed E-state index contributed by atoms with van der Waals surface area (Å²) in [6.45, 7) is 0. The fourth-order valence-electron chi connectivity index (χ4n) is 3.28. The van der Waals surface area contributed by atoms with Crippen molar-refractivity contribution < 1.29 is 38.1 Å². The lowest BCUT2D eigenvalue weighted by molar-refractivity contribution is 0.0548. The summed E-state index contributed by atoms with van der Waals surface area (Å²) in [5.74, 6) is -3.80. The molecule has 0 unspecified atom stereocenters. The molecule has 0 saturated heterocycles. The van der Waals surface area contributed by atoms with Crippen LogP contribution in [0.5, 0.6) is 0 Å². The van der Waals surface area contributed by atoms with E-state index in [1.807, 2.05) is 0 Å². The number of fused-ring (bicyclic) bond motifs is 2. The van der Waals surface area contributed by atoms with E-state index in [9.17, 15) is 19.2 Å². The number of hydrogen-bond donors (Lipinski definition) is 1. The Balaban J connectivity index is 2.37. The average Bonchev–Trinajstić information content (AvgIpc) is 3.30. The van der Waals surface area contributed by atoms with Gasteiger partial charge in [-0.3, -0.25) is 0 Å². The predicted octanol–water partition coefficient (Wildman–Crippen LogP) is 0.300. The van der Waals surface area contributed by atoms with Gasteiger partial charge in [-0.1, -0.05) is 0 Å². The molecule has 0 atom stereocenters. The number of ether oxygens (including phenoxy) is 4. The second-order valence-corrected chi connectivity index (χ2v) is 6.18. The van der Waals surface area contributed by atoms with Crippen molar-refractivity contribution in [2.45, 2.75) is 0 Å². The van der Waals surface area contributed by atoms with Crippen LogP contribution in [-0.4, -0.2) is 81.9 Å². The molecule has 0 aliphatic heterocycles. The average molecular weight is 442 g/mol. The molecule has 1 N–H and O–H groups in total. The van der Waals surface area contributed by atoms with E-state index in [4.69, 9.17) is 18.9 Å². The number of nitrogens with one attached hydrogen (secondary N) is 1. The molecule has 0 aromatic carbocycles. The van der Waals surface area contributed by atoms with Crippen LogP contribution in [0.25, 0.3) is 27.8 Å². The highest BCUT2D eigenvalue weighted by Crippen LogP contribution is 2.32. The third-order valence-electron chi connectivity index (χ3n) is 4.64. The van der Waals surface area contributed by atoms with E-state index in [1.165, 1.54) is 10.8 Å². The molecule has 14 heteroatoms. The lowest BCUT2D eigenvalue weighted by Crippen LogP contribution is -2.21. The Hall–Kier alpha value is -4.62. The summed E-state index contributed by atoms with van der Waals surface area (Å²) in [6.07, 6.45) is 1.17. The highest BCUT2D eigenvalue weighted by molar-refractivity contribution is 6.22. The first kappa shape index (κ1) is 20.6. The molecule has 164 valence electrons. The van der Waals surface area contributed by atoms with Crippen LogP contribution in [0.3, 0.4) is 0 Å². The van der Waals surface area contributed by atoms with Crippen molar-refractivity contribution in [1.29, 1.82) is 0 Å². The minimum atomic E-state index is -0.960. The van der Waals surface area contributed by atoms with E-state index in [0.29, 0.717) is 0 Å². The lowest BCUT2D eigenvalue weighted by Gasteiger charge is -2.16. The summed E-state index contributed by atoms with van der Waals surface area (Å²) in [5, 5.41) is 4.12. The van der Waals surface area contributed by atoms with Crippen LogP contribution in [0.2, 0.25) is 0 Å². The number of nitrogens with zero attached hydrogens (tertiary/aromatic N) is 5. The molecule has 0 fully saturated rings. The monoisotopic (exact) mass is 442 g/mol. The van der Waals surface area contributed by atoms with Crippen molar-refractivity contribution in [1.82, 2.24) is 29.5 Å². The van der Waals surface area contributed by atoms with Crippen molar-refractivity contribution in [3.05, 3.63) is 28.8 Å². The molecule has 0 spiro atoms. The first-order valence-corrected chi connectivity index (χ1v) is 8.80. The molecule has 4 heterocycles. The molecule has 32 heavy (non-hydrogen) atoms. The topological polar surface area (TPSA) is 177 Å². The molecule has 0 bridgehead atoms. The van der Waals surface area contributed by atoms with Crippen molar-refractivity contribution in [3.63, 3.8) is 0 Å². The van der Waals surface area contributed by atoms with Gasteiger partial charge in [-0.05, 0) is 0 Å². The fraction of sp³-hybridized carbons (Fsp3) is 0.222. The van der Waals surface area contributed by atoms with E-state index < -0.39 is 29.6 Å². The number of H-pyrrole nitrogens is 1. The van der Waals surface area contributed by atoms with Crippen LogP contribution >= 0.6 is 0 Å². The van der Waals surface area contributed by atoms with Crippen LogP contribution in [0.1, 0.15) is 41.7 Å². The summed E-state index contributed by atoms with van der Waals surface area (Å²) in [6, 6.07) is 0. The van der Waals surface area contributed by atoms with Gasteiger partial charge >= 0.3 is 23.9 Å². The zero-order chi connectivity index (χ0) is 23.2. The minimum Gasteiger partial charge on any atom is -0.465 e. The zero-order valence-electron chi connectivity index (χ0n) is 17.1. The van der Waals surface area contributed by atoms with Gasteiger partial charge < -0.3 is 23.9 Å². The molecule has 4 rings (SSSR count). The number of hydrogen-bond acceptors (Lipinski definition) is 12. The van der Waals surface area contributed by atoms with Gasteiger partial charge in [-0.15, -0.1) is 0 Å². The predicted molar refractivity (Wildman–Crippen MR) is 103 cm³/mol. The molecule has 4 aromatic heterocycles. The number of esters is 4. The Morgan fingerprint density at radius 3 is 2.09 bits per heavy atom. The maximum absolute atomic E-state index is 12.7. The van der Waals surface area contributed by atoms with Crippen molar-refractivity contribution >= 4 is 51.7 Å². The van der Waals surface area contributed by atoms with Gasteiger partial charge in [0.2, 0.25) is 0 Å². The van der Waals surface area contributed by atoms with Crippen molar-refractivity contribution in [2.75, 3.05) is 28.4 Å². The van der Waals surface area contributed by atoms with Crippen LogP contribution in [0, 0.1) is 0 Å². The number of methoxy groups -OCH3 is 4. The van der Waals surface area contributed by atoms with E-state index in [-0.39, 0.29) is 44.7 Å². The van der Waals surface area contributed by atoms with E-state index in [0.717, 1.165) is 28.4 Å². The molecule has 14 nitrogen and oxygen atoms in total. The molecule has 0 aliphatic carbocycles. The zero-order valence-corrected chi connectivity index (χ0v) is 17.1. The Bertz CT molecular complexity index is 1450. The Labute approximate surface area is 177 Å². The van der Waals surface area contributed by atoms with Gasteiger partial charge in [0.1, 0.15) is 23.1 Å². The third-order valence-corrected chi connectivity index (χ3v) is 4.64. The Morgan fingerprint density at radius 1 is 0.844 bits per heavy atom. The largest absolute Gasteiger partial charge is 0.465 e.